The molecule has 0 aromatic heterocycles. The number of amides is 1. The maximum atomic E-state index is 13.0. The zero-order chi connectivity index (χ0) is 16.2. The molecule has 1 saturated heterocycles. The third-order valence-corrected chi connectivity index (χ3v) is 5.13. The van der Waals surface area contributed by atoms with Crippen LogP contribution in [-0.4, -0.2) is 30.7 Å². The van der Waals surface area contributed by atoms with Gasteiger partial charge in [0.2, 0.25) is 0 Å². The van der Waals surface area contributed by atoms with Crippen molar-refractivity contribution in [1.82, 2.24) is 4.90 Å². The SMILES string of the molecule is COc1cccc(C2CCCN2C(=O)c2ccccc2SC)c1. The normalized spacial score (nSPS) is 17.3. The maximum absolute atomic E-state index is 13.0. The highest BCUT2D eigenvalue weighted by Crippen LogP contribution is 2.35. The van der Waals surface area contributed by atoms with Crippen LogP contribution in [-0.2, 0) is 0 Å². The van der Waals surface area contributed by atoms with Crippen LogP contribution in [0.1, 0.15) is 34.8 Å². The predicted molar refractivity (Wildman–Crippen MR) is 94.2 cm³/mol. The number of hydrogen-bond acceptors (Lipinski definition) is 3. The van der Waals surface area contributed by atoms with E-state index in [9.17, 15) is 4.79 Å². The fourth-order valence-corrected chi connectivity index (χ4v) is 3.77. The summed E-state index contributed by atoms with van der Waals surface area (Å²) >= 11 is 1.62. The Morgan fingerprint density at radius 1 is 1.22 bits per heavy atom. The van der Waals surface area contributed by atoms with Crippen LogP contribution in [0.25, 0.3) is 0 Å². The zero-order valence-corrected chi connectivity index (χ0v) is 14.3. The summed E-state index contributed by atoms with van der Waals surface area (Å²) in [7, 11) is 1.67. The lowest BCUT2D eigenvalue weighted by Crippen LogP contribution is -2.30. The molecule has 1 heterocycles. The molecule has 3 rings (SSSR count). The first-order valence-electron chi connectivity index (χ1n) is 7.82. The summed E-state index contributed by atoms with van der Waals surface area (Å²) in [5.74, 6) is 0.964. The first kappa shape index (κ1) is 15.9. The Morgan fingerprint density at radius 3 is 2.83 bits per heavy atom. The molecule has 0 spiro atoms. The summed E-state index contributed by atoms with van der Waals surface area (Å²) in [5.41, 5.74) is 1.95. The van der Waals surface area contributed by atoms with E-state index in [1.54, 1.807) is 18.9 Å². The molecule has 1 aliphatic rings. The van der Waals surface area contributed by atoms with Crippen molar-refractivity contribution in [1.29, 1.82) is 0 Å². The molecular formula is C19H21NO2S. The lowest BCUT2D eigenvalue weighted by Gasteiger charge is -2.26. The van der Waals surface area contributed by atoms with Gasteiger partial charge >= 0.3 is 0 Å². The van der Waals surface area contributed by atoms with Gasteiger partial charge in [-0.15, -0.1) is 11.8 Å². The third kappa shape index (κ3) is 3.22. The first-order chi connectivity index (χ1) is 11.2. The van der Waals surface area contributed by atoms with Crippen molar-refractivity contribution < 1.29 is 9.53 Å². The molecule has 1 amide bonds. The minimum Gasteiger partial charge on any atom is -0.497 e. The summed E-state index contributed by atoms with van der Waals surface area (Å²) in [6.45, 7) is 0.809. The van der Waals surface area contributed by atoms with Crippen LogP contribution >= 0.6 is 11.8 Å². The zero-order valence-electron chi connectivity index (χ0n) is 13.5. The van der Waals surface area contributed by atoms with Gasteiger partial charge in [-0.25, -0.2) is 0 Å². The number of methoxy groups -OCH3 is 1. The first-order valence-corrected chi connectivity index (χ1v) is 9.05. The molecule has 0 radical (unpaired) electrons. The summed E-state index contributed by atoms with van der Waals surface area (Å²) in [6.07, 6.45) is 4.05. The number of benzene rings is 2. The number of ether oxygens (including phenoxy) is 1. The topological polar surface area (TPSA) is 29.5 Å². The second kappa shape index (κ2) is 7.09. The highest BCUT2D eigenvalue weighted by Gasteiger charge is 2.31. The molecule has 1 aliphatic heterocycles. The molecule has 2 aromatic carbocycles. The Labute approximate surface area is 141 Å². The van der Waals surface area contributed by atoms with E-state index >= 15 is 0 Å². The Balaban J connectivity index is 1.90. The van der Waals surface area contributed by atoms with Gasteiger partial charge in [0.1, 0.15) is 5.75 Å². The van der Waals surface area contributed by atoms with E-state index in [1.165, 1.54) is 0 Å². The number of rotatable bonds is 4. The van der Waals surface area contributed by atoms with E-state index in [2.05, 4.69) is 6.07 Å². The van der Waals surface area contributed by atoms with Crippen LogP contribution in [0.2, 0.25) is 0 Å². The van der Waals surface area contributed by atoms with Crippen LogP contribution in [0.15, 0.2) is 53.4 Å². The van der Waals surface area contributed by atoms with Crippen molar-refractivity contribution in [3.05, 3.63) is 59.7 Å². The second-order valence-corrected chi connectivity index (χ2v) is 6.48. The Bertz CT molecular complexity index is 701. The summed E-state index contributed by atoms with van der Waals surface area (Å²) in [5, 5.41) is 0. The molecule has 0 aliphatic carbocycles. The van der Waals surface area contributed by atoms with Gasteiger partial charge in [-0.3, -0.25) is 4.79 Å². The number of nitrogens with zero attached hydrogens (tertiary/aromatic N) is 1. The Kier molecular flexibility index (Phi) is 4.91. The van der Waals surface area contributed by atoms with Crippen molar-refractivity contribution in [3.8, 4) is 5.75 Å². The van der Waals surface area contributed by atoms with E-state index in [4.69, 9.17) is 4.74 Å². The monoisotopic (exact) mass is 327 g/mol. The quantitative estimate of drug-likeness (QED) is 0.780. The molecule has 0 N–H and O–H groups in total. The van der Waals surface area contributed by atoms with Crippen molar-refractivity contribution >= 4 is 17.7 Å². The van der Waals surface area contributed by atoms with E-state index in [0.29, 0.717) is 0 Å². The smallest absolute Gasteiger partial charge is 0.255 e. The average molecular weight is 327 g/mol. The summed E-state index contributed by atoms with van der Waals surface area (Å²) < 4.78 is 5.32. The fraction of sp³-hybridized carbons (Fsp3) is 0.316. The van der Waals surface area contributed by atoms with Crippen molar-refractivity contribution in [2.24, 2.45) is 0 Å². The molecular weight excluding hydrogens is 306 g/mol. The highest BCUT2D eigenvalue weighted by atomic mass is 32.2. The molecule has 4 heteroatoms. The lowest BCUT2D eigenvalue weighted by molar-refractivity contribution is 0.0732. The number of carbonyl (C=O) groups excluding carboxylic acids is 1. The number of carbonyl (C=O) groups is 1. The van der Waals surface area contributed by atoms with Gasteiger partial charge in [-0.05, 0) is 48.9 Å². The van der Waals surface area contributed by atoms with Gasteiger partial charge in [0.25, 0.3) is 5.91 Å². The van der Waals surface area contributed by atoms with E-state index in [0.717, 1.165) is 41.2 Å². The average Bonchev–Trinajstić information content (AvgIpc) is 3.10. The van der Waals surface area contributed by atoms with Gasteiger partial charge in [0.05, 0.1) is 18.7 Å². The van der Waals surface area contributed by atoms with Gasteiger partial charge in [-0.1, -0.05) is 24.3 Å². The lowest BCUT2D eigenvalue weighted by atomic mass is 10.0. The standard InChI is InChI=1S/C19H21NO2S/c1-22-15-8-5-7-14(13-15)17-10-6-12-20(17)19(21)16-9-3-4-11-18(16)23-2/h3-5,7-9,11,13,17H,6,10,12H2,1-2H3. The Morgan fingerprint density at radius 2 is 2.04 bits per heavy atom. The minimum absolute atomic E-state index is 0.125. The van der Waals surface area contributed by atoms with E-state index in [1.807, 2.05) is 53.6 Å². The molecule has 0 bridgehead atoms. The van der Waals surface area contributed by atoms with E-state index < -0.39 is 0 Å². The van der Waals surface area contributed by atoms with Gasteiger partial charge in [0.15, 0.2) is 0 Å². The summed E-state index contributed by atoms with van der Waals surface area (Å²) in [6, 6.07) is 16.0. The molecule has 1 atom stereocenters. The molecule has 0 saturated carbocycles. The minimum atomic E-state index is 0.125. The second-order valence-electron chi connectivity index (χ2n) is 5.63. The molecule has 23 heavy (non-hydrogen) atoms. The maximum Gasteiger partial charge on any atom is 0.255 e. The van der Waals surface area contributed by atoms with Gasteiger partial charge < -0.3 is 9.64 Å². The van der Waals surface area contributed by atoms with E-state index in [-0.39, 0.29) is 11.9 Å². The van der Waals surface area contributed by atoms with Crippen molar-refractivity contribution in [2.75, 3.05) is 19.9 Å². The van der Waals surface area contributed by atoms with Gasteiger partial charge in [-0.2, -0.15) is 0 Å². The molecule has 2 aromatic rings. The predicted octanol–water partition coefficient (Wildman–Crippen LogP) is 4.39. The number of thioether (sulfide) groups is 1. The largest absolute Gasteiger partial charge is 0.497 e. The van der Waals surface area contributed by atoms with Crippen LogP contribution in [0, 0.1) is 0 Å². The highest BCUT2D eigenvalue weighted by molar-refractivity contribution is 7.98. The van der Waals surface area contributed by atoms with Gasteiger partial charge in [0, 0.05) is 11.4 Å². The third-order valence-electron chi connectivity index (χ3n) is 4.33. The fourth-order valence-electron chi connectivity index (χ4n) is 3.18. The summed E-state index contributed by atoms with van der Waals surface area (Å²) in [4.78, 5) is 16.1. The molecule has 1 unspecified atom stereocenters. The molecule has 120 valence electrons. The Hall–Kier alpha value is -1.94. The van der Waals surface area contributed by atoms with Crippen molar-refractivity contribution in [3.63, 3.8) is 0 Å². The van der Waals surface area contributed by atoms with Crippen LogP contribution in [0.3, 0.4) is 0 Å². The van der Waals surface area contributed by atoms with Crippen LogP contribution < -0.4 is 4.74 Å². The van der Waals surface area contributed by atoms with Crippen LogP contribution in [0.4, 0.5) is 0 Å². The number of likely N-dealkylation sites (tertiary alicyclic amines) is 1. The molecule has 3 nitrogen and oxygen atoms in total. The van der Waals surface area contributed by atoms with Crippen molar-refractivity contribution in [2.45, 2.75) is 23.8 Å². The molecule has 1 fully saturated rings. The number of hydrogen-bond donors (Lipinski definition) is 0. The van der Waals surface area contributed by atoms with Crippen LogP contribution in [0.5, 0.6) is 5.75 Å².